The number of halogens is 2. The van der Waals surface area contributed by atoms with Crippen molar-refractivity contribution in [3.63, 3.8) is 0 Å². The molecule has 0 aliphatic carbocycles. The third-order valence-corrected chi connectivity index (χ3v) is 4.13. The highest BCUT2D eigenvalue weighted by Crippen LogP contribution is 2.31. The van der Waals surface area contributed by atoms with E-state index in [0.29, 0.717) is 13.2 Å². The van der Waals surface area contributed by atoms with Crippen LogP contribution in [0, 0.1) is 0 Å². The minimum absolute atomic E-state index is 0.0769. The van der Waals surface area contributed by atoms with Crippen molar-refractivity contribution in [3.8, 4) is 0 Å². The first-order valence-electron chi connectivity index (χ1n) is 4.57. The predicted octanol–water partition coefficient (Wildman–Crippen LogP) is 2.26. The molecule has 0 saturated carbocycles. The maximum atomic E-state index is 8.47. The Morgan fingerprint density at radius 3 is 2.93 bits per heavy atom. The molecule has 15 heavy (non-hydrogen) atoms. The van der Waals surface area contributed by atoms with Gasteiger partial charge in [0.1, 0.15) is 4.34 Å². The quantitative estimate of drug-likeness (QED) is 0.759. The first-order chi connectivity index (χ1) is 7.24. The van der Waals surface area contributed by atoms with E-state index < -0.39 is 0 Å². The Hall–Kier alpha value is 0.350. The maximum Gasteiger partial charge on any atom is 0.107 e. The Kier molecular flexibility index (Phi) is 6.79. The maximum absolute atomic E-state index is 8.47. The van der Waals surface area contributed by atoms with Crippen LogP contribution in [0.5, 0.6) is 0 Å². The molecule has 0 aliphatic rings. The number of rotatable bonds is 7. The zero-order valence-electron chi connectivity index (χ0n) is 8.13. The normalized spacial score (nSPS) is 10.9. The summed E-state index contributed by atoms with van der Waals surface area (Å²) in [5.74, 6) is 0. The summed E-state index contributed by atoms with van der Waals surface area (Å²) in [6.07, 6.45) is 0. The summed E-state index contributed by atoms with van der Waals surface area (Å²) >= 11 is 10.8. The van der Waals surface area contributed by atoms with Crippen LogP contribution in [-0.2, 0) is 11.3 Å². The second-order valence-electron chi connectivity index (χ2n) is 2.85. The van der Waals surface area contributed by atoms with Gasteiger partial charge in [0.25, 0.3) is 0 Å². The van der Waals surface area contributed by atoms with Crippen LogP contribution in [0.2, 0.25) is 4.34 Å². The molecule has 0 unspecified atom stereocenters. The summed E-state index contributed by atoms with van der Waals surface area (Å²) in [5, 5.41) is 11.7. The third-order valence-electron chi connectivity index (χ3n) is 1.65. The van der Waals surface area contributed by atoms with Gasteiger partial charge in [-0.1, -0.05) is 11.6 Å². The first kappa shape index (κ1) is 13.4. The molecule has 2 N–H and O–H groups in total. The molecular formula is C9H13BrClNO2S. The van der Waals surface area contributed by atoms with Gasteiger partial charge in [-0.25, -0.2) is 0 Å². The van der Waals surface area contributed by atoms with E-state index in [4.69, 9.17) is 21.4 Å². The van der Waals surface area contributed by atoms with Gasteiger partial charge in [-0.2, -0.15) is 0 Å². The summed E-state index contributed by atoms with van der Waals surface area (Å²) < 4.78 is 6.83. The van der Waals surface area contributed by atoms with Crippen molar-refractivity contribution in [1.29, 1.82) is 0 Å². The standard InChI is InChI=1S/C9H13BrClNO2S/c10-8-5-7(15-9(8)11)6-12-1-3-14-4-2-13/h5,12-13H,1-4,6H2. The van der Waals surface area contributed by atoms with E-state index in [0.717, 1.165) is 21.9 Å². The van der Waals surface area contributed by atoms with Crippen LogP contribution in [-0.4, -0.2) is 31.5 Å². The monoisotopic (exact) mass is 313 g/mol. The van der Waals surface area contributed by atoms with Crippen molar-refractivity contribution >= 4 is 38.9 Å². The molecular weight excluding hydrogens is 302 g/mol. The van der Waals surface area contributed by atoms with Gasteiger partial charge >= 0.3 is 0 Å². The molecule has 0 bridgehead atoms. The topological polar surface area (TPSA) is 41.5 Å². The van der Waals surface area contributed by atoms with Gasteiger partial charge in [0.15, 0.2) is 0 Å². The van der Waals surface area contributed by atoms with Crippen LogP contribution in [0.15, 0.2) is 10.5 Å². The number of hydrogen-bond donors (Lipinski definition) is 2. The molecule has 1 aromatic heterocycles. The third kappa shape index (κ3) is 5.29. The van der Waals surface area contributed by atoms with E-state index in [1.807, 2.05) is 6.07 Å². The van der Waals surface area contributed by atoms with Gasteiger partial charge in [-0.05, 0) is 22.0 Å². The average Bonchev–Trinajstić information content (AvgIpc) is 2.52. The number of hydrogen-bond acceptors (Lipinski definition) is 4. The number of nitrogens with one attached hydrogen (secondary N) is 1. The van der Waals surface area contributed by atoms with Crippen LogP contribution in [0.1, 0.15) is 4.88 Å². The molecule has 1 rings (SSSR count). The van der Waals surface area contributed by atoms with Crippen LogP contribution in [0.4, 0.5) is 0 Å². The number of ether oxygens (including phenoxy) is 1. The first-order valence-corrected chi connectivity index (χ1v) is 6.56. The lowest BCUT2D eigenvalue weighted by atomic mass is 10.4. The SMILES string of the molecule is OCCOCCNCc1cc(Br)c(Cl)s1. The lowest BCUT2D eigenvalue weighted by Crippen LogP contribution is -2.19. The summed E-state index contributed by atoms with van der Waals surface area (Å²) in [6.45, 7) is 2.65. The van der Waals surface area contributed by atoms with Gasteiger partial charge in [-0.3, -0.25) is 0 Å². The van der Waals surface area contributed by atoms with Crippen LogP contribution < -0.4 is 5.32 Å². The molecule has 6 heteroatoms. The molecule has 3 nitrogen and oxygen atoms in total. The largest absolute Gasteiger partial charge is 0.394 e. The molecule has 1 heterocycles. The fourth-order valence-corrected chi connectivity index (χ4v) is 2.76. The van der Waals surface area contributed by atoms with Gasteiger partial charge < -0.3 is 15.2 Å². The van der Waals surface area contributed by atoms with E-state index in [1.54, 1.807) is 11.3 Å². The van der Waals surface area contributed by atoms with Crippen LogP contribution in [0.3, 0.4) is 0 Å². The molecule has 0 atom stereocenters. The molecule has 0 aliphatic heterocycles. The number of aliphatic hydroxyl groups excluding tert-OH is 1. The van der Waals surface area contributed by atoms with Crippen LogP contribution >= 0.6 is 38.9 Å². The Morgan fingerprint density at radius 1 is 1.53 bits per heavy atom. The zero-order chi connectivity index (χ0) is 11.1. The molecule has 0 radical (unpaired) electrons. The molecule has 0 fully saturated rings. The van der Waals surface area contributed by atoms with E-state index in [-0.39, 0.29) is 6.61 Å². The molecule has 0 spiro atoms. The lowest BCUT2D eigenvalue weighted by molar-refractivity contribution is 0.0938. The molecule has 86 valence electrons. The smallest absolute Gasteiger partial charge is 0.107 e. The van der Waals surface area contributed by atoms with E-state index >= 15 is 0 Å². The van der Waals surface area contributed by atoms with Gasteiger partial charge in [0.2, 0.25) is 0 Å². The van der Waals surface area contributed by atoms with Crippen LogP contribution in [0.25, 0.3) is 0 Å². The highest BCUT2D eigenvalue weighted by molar-refractivity contribution is 9.10. The van der Waals surface area contributed by atoms with Gasteiger partial charge in [0, 0.05) is 22.4 Å². The van der Waals surface area contributed by atoms with E-state index in [2.05, 4.69) is 21.2 Å². The Labute approximate surface area is 107 Å². The summed E-state index contributed by atoms with van der Waals surface area (Å²) in [7, 11) is 0. The fraction of sp³-hybridized carbons (Fsp3) is 0.556. The van der Waals surface area contributed by atoms with E-state index in [1.165, 1.54) is 4.88 Å². The minimum atomic E-state index is 0.0769. The summed E-state index contributed by atoms with van der Waals surface area (Å²) in [6, 6.07) is 2.01. The highest BCUT2D eigenvalue weighted by Gasteiger charge is 2.03. The Bertz CT molecular complexity index is 276. The lowest BCUT2D eigenvalue weighted by Gasteiger charge is -2.03. The van der Waals surface area contributed by atoms with Gasteiger partial charge in [-0.15, -0.1) is 11.3 Å². The van der Waals surface area contributed by atoms with Crippen molar-refractivity contribution in [2.24, 2.45) is 0 Å². The van der Waals surface area contributed by atoms with E-state index in [9.17, 15) is 0 Å². The molecule has 0 saturated heterocycles. The van der Waals surface area contributed by atoms with Crippen molar-refractivity contribution < 1.29 is 9.84 Å². The van der Waals surface area contributed by atoms with Crippen molar-refractivity contribution in [2.75, 3.05) is 26.4 Å². The van der Waals surface area contributed by atoms with Gasteiger partial charge in [0.05, 0.1) is 19.8 Å². The average molecular weight is 315 g/mol. The Morgan fingerprint density at radius 2 is 2.33 bits per heavy atom. The summed E-state index contributed by atoms with van der Waals surface area (Å²) in [4.78, 5) is 1.19. The molecule has 0 aromatic carbocycles. The number of thiophene rings is 1. The van der Waals surface area contributed by atoms with Crippen molar-refractivity contribution in [3.05, 3.63) is 19.8 Å². The highest BCUT2D eigenvalue weighted by atomic mass is 79.9. The van der Waals surface area contributed by atoms with Crippen molar-refractivity contribution in [1.82, 2.24) is 5.32 Å². The second kappa shape index (κ2) is 7.60. The second-order valence-corrected chi connectivity index (χ2v) is 5.44. The molecule has 0 amide bonds. The number of aliphatic hydroxyl groups is 1. The zero-order valence-corrected chi connectivity index (χ0v) is 11.3. The molecule has 1 aromatic rings. The van der Waals surface area contributed by atoms with Crippen molar-refractivity contribution in [2.45, 2.75) is 6.54 Å². The summed E-state index contributed by atoms with van der Waals surface area (Å²) in [5.41, 5.74) is 0. The Balaban J connectivity index is 2.10. The minimum Gasteiger partial charge on any atom is -0.394 e. The fourth-order valence-electron chi connectivity index (χ4n) is 1.00. The predicted molar refractivity (Wildman–Crippen MR) is 66.6 cm³/mol.